The smallest absolute Gasteiger partial charge is 0.277 e. The molecule has 3 aromatic heterocycles. The van der Waals surface area contributed by atoms with Crippen LogP contribution in [-0.4, -0.2) is 25.9 Å². The number of rotatable bonds is 5. The minimum absolute atomic E-state index is 0.264. The molecule has 0 aliphatic rings. The Labute approximate surface area is 166 Å². The van der Waals surface area contributed by atoms with Crippen LogP contribution in [0.5, 0.6) is 0 Å². The molecule has 0 fully saturated rings. The van der Waals surface area contributed by atoms with Gasteiger partial charge in [-0.2, -0.15) is 10.2 Å². The maximum atomic E-state index is 12.5. The highest BCUT2D eigenvalue weighted by atomic mass is 16.3. The van der Waals surface area contributed by atoms with Crippen molar-refractivity contribution in [2.45, 2.75) is 6.54 Å². The summed E-state index contributed by atoms with van der Waals surface area (Å²) in [6.07, 6.45) is 3.41. The fourth-order valence-corrected chi connectivity index (χ4v) is 3.30. The van der Waals surface area contributed by atoms with Crippen LogP contribution in [0.15, 0.2) is 83.6 Å². The van der Waals surface area contributed by atoms with E-state index >= 15 is 0 Å². The molecule has 2 aromatic carbocycles. The average Bonchev–Trinajstić information content (AvgIpc) is 3.50. The zero-order chi connectivity index (χ0) is 19.6. The van der Waals surface area contributed by atoms with E-state index in [1.54, 1.807) is 35.2 Å². The van der Waals surface area contributed by atoms with Crippen LogP contribution >= 0.6 is 0 Å². The molecule has 0 radical (unpaired) electrons. The first-order valence-electron chi connectivity index (χ1n) is 9.17. The number of carbonyl (C=O) groups is 1. The normalized spacial score (nSPS) is 11.0. The van der Waals surface area contributed by atoms with E-state index in [-0.39, 0.29) is 11.6 Å². The van der Waals surface area contributed by atoms with Gasteiger partial charge in [-0.05, 0) is 28.5 Å². The molecular formula is C22H17N5O2. The summed E-state index contributed by atoms with van der Waals surface area (Å²) in [6, 6.07) is 21.4. The number of aromatic amines is 1. The Morgan fingerprint density at radius 3 is 2.86 bits per heavy atom. The zero-order valence-corrected chi connectivity index (χ0v) is 15.4. The fourth-order valence-electron chi connectivity index (χ4n) is 3.30. The topological polar surface area (TPSA) is 88.7 Å². The van der Waals surface area contributed by atoms with Crippen LogP contribution in [0.2, 0.25) is 0 Å². The number of fused-ring (bicyclic) bond motifs is 1. The number of anilines is 1. The molecule has 29 heavy (non-hydrogen) atoms. The molecule has 0 atom stereocenters. The quantitative estimate of drug-likeness (QED) is 0.473. The number of amides is 1. The molecule has 7 nitrogen and oxygen atoms in total. The van der Waals surface area contributed by atoms with Crippen molar-refractivity contribution in [2.75, 3.05) is 5.32 Å². The minimum Gasteiger partial charge on any atom is -0.463 e. The van der Waals surface area contributed by atoms with Crippen LogP contribution < -0.4 is 5.32 Å². The summed E-state index contributed by atoms with van der Waals surface area (Å²) < 4.78 is 7.10. The van der Waals surface area contributed by atoms with Crippen LogP contribution in [0.25, 0.3) is 22.2 Å². The lowest BCUT2D eigenvalue weighted by Gasteiger charge is -2.06. The summed E-state index contributed by atoms with van der Waals surface area (Å²) in [4.78, 5) is 12.5. The Morgan fingerprint density at radius 2 is 1.97 bits per heavy atom. The van der Waals surface area contributed by atoms with E-state index in [0.717, 1.165) is 0 Å². The summed E-state index contributed by atoms with van der Waals surface area (Å²) in [5.74, 6) is 0.753. The molecule has 0 aliphatic carbocycles. The number of nitrogens with zero attached hydrogens (tertiary/aromatic N) is 3. The Morgan fingerprint density at radius 1 is 1.07 bits per heavy atom. The first kappa shape index (κ1) is 17.0. The first-order chi connectivity index (χ1) is 14.3. The van der Waals surface area contributed by atoms with E-state index in [4.69, 9.17) is 4.42 Å². The molecular weight excluding hydrogens is 366 g/mol. The van der Waals surface area contributed by atoms with Crippen LogP contribution in [0.4, 0.5) is 5.82 Å². The minimum atomic E-state index is -0.338. The number of nitrogens with one attached hydrogen (secondary N) is 2. The van der Waals surface area contributed by atoms with Crippen LogP contribution in [0.1, 0.15) is 16.1 Å². The number of aromatic nitrogens is 4. The van der Waals surface area contributed by atoms with Crippen LogP contribution in [-0.2, 0) is 6.54 Å². The van der Waals surface area contributed by atoms with Crippen molar-refractivity contribution in [1.82, 2.24) is 20.0 Å². The van der Waals surface area contributed by atoms with Gasteiger partial charge in [0.15, 0.2) is 17.3 Å². The molecule has 7 heteroatoms. The van der Waals surface area contributed by atoms with Crippen molar-refractivity contribution in [3.8, 4) is 11.5 Å². The van der Waals surface area contributed by atoms with Gasteiger partial charge in [-0.25, -0.2) is 0 Å². The van der Waals surface area contributed by atoms with Gasteiger partial charge in [0.05, 0.1) is 12.8 Å². The Hall–Kier alpha value is -4.13. The summed E-state index contributed by atoms with van der Waals surface area (Å²) in [5, 5.41) is 16.5. The molecule has 5 rings (SSSR count). The summed E-state index contributed by atoms with van der Waals surface area (Å²) in [5.41, 5.74) is 2.07. The van der Waals surface area contributed by atoms with Crippen molar-refractivity contribution in [3.05, 3.63) is 90.4 Å². The van der Waals surface area contributed by atoms with Gasteiger partial charge in [-0.3, -0.25) is 14.6 Å². The van der Waals surface area contributed by atoms with E-state index in [9.17, 15) is 4.79 Å². The van der Waals surface area contributed by atoms with Gasteiger partial charge in [-0.15, -0.1) is 0 Å². The SMILES string of the molecule is O=C(Nc1ccn(Cc2cccc3ccccc23)n1)c1cc(-c2ccco2)[nH]n1. The van der Waals surface area contributed by atoms with Gasteiger partial charge in [0.25, 0.3) is 5.91 Å². The molecule has 2 N–H and O–H groups in total. The lowest BCUT2D eigenvalue weighted by atomic mass is 10.0. The van der Waals surface area contributed by atoms with E-state index in [0.29, 0.717) is 23.8 Å². The average molecular weight is 383 g/mol. The molecule has 3 heterocycles. The number of carbonyl (C=O) groups excluding carboxylic acids is 1. The van der Waals surface area contributed by atoms with Gasteiger partial charge < -0.3 is 9.73 Å². The number of furan rings is 1. The van der Waals surface area contributed by atoms with E-state index in [1.807, 2.05) is 24.4 Å². The van der Waals surface area contributed by atoms with E-state index in [2.05, 4.69) is 44.9 Å². The molecule has 0 unspecified atom stereocenters. The predicted octanol–water partition coefficient (Wildman–Crippen LogP) is 4.32. The highest BCUT2D eigenvalue weighted by molar-refractivity contribution is 6.02. The standard InChI is InChI=1S/C22H17N5O2/c28-22(19-13-18(24-25-19)20-9-4-12-29-20)23-21-10-11-27(26-21)14-16-7-3-6-15-5-1-2-8-17(15)16/h1-13H,14H2,(H,24,25)(H,23,26,28). The fraction of sp³-hybridized carbons (Fsp3) is 0.0455. The molecule has 1 amide bonds. The highest BCUT2D eigenvalue weighted by Crippen LogP contribution is 2.20. The molecule has 142 valence electrons. The lowest BCUT2D eigenvalue weighted by Crippen LogP contribution is -2.13. The number of hydrogen-bond acceptors (Lipinski definition) is 4. The maximum Gasteiger partial charge on any atom is 0.277 e. The molecule has 0 bridgehead atoms. The Bertz CT molecular complexity index is 1280. The summed E-state index contributed by atoms with van der Waals surface area (Å²) in [6.45, 7) is 0.613. The van der Waals surface area contributed by atoms with Crippen LogP contribution in [0.3, 0.4) is 0 Å². The Kier molecular flexibility index (Phi) is 4.18. The maximum absolute atomic E-state index is 12.5. The van der Waals surface area contributed by atoms with Crippen molar-refractivity contribution in [3.63, 3.8) is 0 Å². The first-order valence-corrected chi connectivity index (χ1v) is 9.17. The predicted molar refractivity (Wildman–Crippen MR) is 110 cm³/mol. The van der Waals surface area contributed by atoms with Crippen molar-refractivity contribution >= 4 is 22.5 Å². The second-order valence-electron chi connectivity index (χ2n) is 6.64. The van der Waals surface area contributed by atoms with Gasteiger partial charge in [0, 0.05) is 18.3 Å². The monoisotopic (exact) mass is 383 g/mol. The second-order valence-corrected chi connectivity index (χ2v) is 6.64. The number of benzene rings is 2. The third kappa shape index (κ3) is 3.41. The number of hydrogen-bond donors (Lipinski definition) is 2. The lowest BCUT2D eigenvalue weighted by molar-refractivity contribution is 0.102. The van der Waals surface area contributed by atoms with Crippen LogP contribution in [0, 0.1) is 0 Å². The van der Waals surface area contributed by atoms with Gasteiger partial charge in [-0.1, -0.05) is 42.5 Å². The molecule has 0 aliphatic heterocycles. The molecule has 5 aromatic rings. The summed E-state index contributed by atoms with van der Waals surface area (Å²) >= 11 is 0. The van der Waals surface area contributed by atoms with E-state index < -0.39 is 0 Å². The van der Waals surface area contributed by atoms with Crippen molar-refractivity contribution < 1.29 is 9.21 Å². The third-order valence-electron chi connectivity index (χ3n) is 4.69. The zero-order valence-electron chi connectivity index (χ0n) is 15.4. The van der Waals surface area contributed by atoms with Gasteiger partial charge >= 0.3 is 0 Å². The molecule has 0 saturated carbocycles. The highest BCUT2D eigenvalue weighted by Gasteiger charge is 2.14. The molecule has 0 saturated heterocycles. The largest absolute Gasteiger partial charge is 0.463 e. The van der Waals surface area contributed by atoms with Gasteiger partial charge in [0.1, 0.15) is 5.69 Å². The summed E-state index contributed by atoms with van der Waals surface area (Å²) in [7, 11) is 0. The van der Waals surface area contributed by atoms with Crippen molar-refractivity contribution in [1.29, 1.82) is 0 Å². The van der Waals surface area contributed by atoms with Gasteiger partial charge in [0.2, 0.25) is 0 Å². The number of H-pyrrole nitrogens is 1. The van der Waals surface area contributed by atoms with Crippen molar-refractivity contribution in [2.24, 2.45) is 0 Å². The molecule has 0 spiro atoms. The van der Waals surface area contributed by atoms with E-state index in [1.165, 1.54) is 16.3 Å². The third-order valence-corrected chi connectivity index (χ3v) is 4.69. The second kappa shape index (κ2) is 7.12. The Balaban J connectivity index is 1.31.